The summed E-state index contributed by atoms with van der Waals surface area (Å²) >= 11 is 3.47. The Kier molecular flexibility index (Phi) is 4.56. The van der Waals surface area contributed by atoms with Crippen LogP contribution in [0.3, 0.4) is 0 Å². The maximum atomic E-state index is 13.6. The molecule has 0 fully saturated rings. The van der Waals surface area contributed by atoms with E-state index in [1.165, 1.54) is 6.07 Å². The smallest absolute Gasteiger partial charge is 0.128 e. The molecule has 100 valence electrons. The van der Waals surface area contributed by atoms with Gasteiger partial charge in [0.05, 0.1) is 12.3 Å². The summed E-state index contributed by atoms with van der Waals surface area (Å²) in [6, 6.07) is 12.4. The fourth-order valence-electron chi connectivity index (χ4n) is 1.93. The molecule has 0 bridgehead atoms. The normalized spacial score (nSPS) is 10.5. The molecule has 0 aliphatic carbocycles. The van der Waals surface area contributed by atoms with Gasteiger partial charge in [-0.1, -0.05) is 24.3 Å². The SMILES string of the molecule is CN(Cc1ccccc1F)c1ccc(CO)cc1Br. The lowest BCUT2D eigenvalue weighted by molar-refractivity contribution is 0.282. The average molecular weight is 324 g/mol. The van der Waals surface area contributed by atoms with Crippen molar-refractivity contribution in [3.05, 3.63) is 63.9 Å². The van der Waals surface area contributed by atoms with E-state index in [2.05, 4.69) is 15.9 Å². The molecule has 0 saturated heterocycles. The van der Waals surface area contributed by atoms with Crippen molar-refractivity contribution in [3.63, 3.8) is 0 Å². The first kappa shape index (κ1) is 14.0. The first-order chi connectivity index (χ1) is 9.11. The number of aliphatic hydroxyl groups is 1. The zero-order valence-electron chi connectivity index (χ0n) is 10.6. The van der Waals surface area contributed by atoms with Gasteiger partial charge in [-0.05, 0) is 39.7 Å². The molecule has 0 radical (unpaired) electrons. The highest BCUT2D eigenvalue weighted by atomic mass is 79.9. The third-order valence-corrected chi connectivity index (χ3v) is 3.61. The minimum absolute atomic E-state index is 0.00983. The van der Waals surface area contributed by atoms with E-state index >= 15 is 0 Å². The second-order valence-corrected chi connectivity index (χ2v) is 5.25. The molecule has 0 unspecified atom stereocenters. The highest BCUT2D eigenvalue weighted by Crippen LogP contribution is 2.28. The van der Waals surface area contributed by atoms with Gasteiger partial charge in [-0.15, -0.1) is 0 Å². The first-order valence-electron chi connectivity index (χ1n) is 5.95. The number of benzene rings is 2. The summed E-state index contributed by atoms with van der Waals surface area (Å²) in [5.41, 5.74) is 2.46. The number of anilines is 1. The molecule has 0 aromatic heterocycles. The maximum Gasteiger partial charge on any atom is 0.128 e. The fourth-order valence-corrected chi connectivity index (χ4v) is 2.65. The van der Waals surface area contributed by atoms with E-state index in [9.17, 15) is 4.39 Å². The largest absolute Gasteiger partial charge is 0.392 e. The van der Waals surface area contributed by atoms with Crippen LogP contribution in [0.4, 0.5) is 10.1 Å². The van der Waals surface area contributed by atoms with E-state index in [1.807, 2.05) is 36.2 Å². The zero-order valence-corrected chi connectivity index (χ0v) is 12.2. The van der Waals surface area contributed by atoms with Crippen LogP contribution in [0, 0.1) is 5.82 Å². The number of nitrogens with zero attached hydrogens (tertiary/aromatic N) is 1. The monoisotopic (exact) mass is 323 g/mol. The Balaban J connectivity index is 2.21. The van der Waals surface area contributed by atoms with Crippen LogP contribution in [0.2, 0.25) is 0 Å². The number of aliphatic hydroxyl groups excluding tert-OH is 1. The molecular formula is C15H15BrFNO. The highest BCUT2D eigenvalue weighted by Gasteiger charge is 2.09. The summed E-state index contributed by atoms with van der Waals surface area (Å²) in [4.78, 5) is 1.96. The van der Waals surface area contributed by atoms with Gasteiger partial charge in [0.15, 0.2) is 0 Å². The van der Waals surface area contributed by atoms with Crippen LogP contribution in [0.25, 0.3) is 0 Å². The maximum absolute atomic E-state index is 13.6. The van der Waals surface area contributed by atoms with Crippen LogP contribution in [-0.2, 0) is 13.2 Å². The topological polar surface area (TPSA) is 23.5 Å². The predicted octanol–water partition coefficient (Wildman–Crippen LogP) is 3.72. The van der Waals surface area contributed by atoms with Gasteiger partial charge < -0.3 is 10.0 Å². The molecule has 1 N–H and O–H groups in total. The Labute approximate surface area is 120 Å². The van der Waals surface area contributed by atoms with Crippen molar-refractivity contribution in [2.45, 2.75) is 13.2 Å². The lowest BCUT2D eigenvalue weighted by Gasteiger charge is -2.21. The van der Waals surface area contributed by atoms with Gasteiger partial charge in [-0.2, -0.15) is 0 Å². The molecule has 2 aromatic carbocycles. The van der Waals surface area contributed by atoms with Crippen molar-refractivity contribution in [2.75, 3.05) is 11.9 Å². The van der Waals surface area contributed by atoms with Gasteiger partial charge in [0.2, 0.25) is 0 Å². The molecule has 2 rings (SSSR count). The van der Waals surface area contributed by atoms with Gasteiger partial charge in [-0.3, -0.25) is 0 Å². The molecule has 0 spiro atoms. The van der Waals surface area contributed by atoms with Crippen LogP contribution in [0.5, 0.6) is 0 Å². The lowest BCUT2D eigenvalue weighted by Crippen LogP contribution is -2.17. The van der Waals surface area contributed by atoms with Gasteiger partial charge >= 0.3 is 0 Å². The van der Waals surface area contributed by atoms with E-state index in [1.54, 1.807) is 12.1 Å². The molecule has 2 aromatic rings. The molecular weight excluding hydrogens is 309 g/mol. The van der Waals surface area contributed by atoms with Gasteiger partial charge in [0.25, 0.3) is 0 Å². The summed E-state index contributed by atoms with van der Waals surface area (Å²) in [5.74, 6) is -0.197. The Morgan fingerprint density at radius 2 is 1.95 bits per heavy atom. The summed E-state index contributed by atoms with van der Waals surface area (Å²) in [6.07, 6.45) is 0. The van der Waals surface area contributed by atoms with Crippen LogP contribution in [0.15, 0.2) is 46.9 Å². The van der Waals surface area contributed by atoms with E-state index in [0.29, 0.717) is 12.1 Å². The Morgan fingerprint density at radius 3 is 2.58 bits per heavy atom. The number of hydrogen-bond acceptors (Lipinski definition) is 2. The molecule has 4 heteroatoms. The number of hydrogen-bond donors (Lipinski definition) is 1. The summed E-state index contributed by atoms with van der Waals surface area (Å²) < 4.78 is 14.5. The van der Waals surface area contributed by atoms with Crippen molar-refractivity contribution < 1.29 is 9.50 Å². The second-order valence-electron chi connectivity index (χ2n) is 4.39. The first-order valence-corrected chi connectivity index (χ1v) is 6.75. The van der Waals surface area contributed by atoms with Crippen molar-refractivity contribution in [3.8, 4) is 0 Å². The Morgan fingerprint density at radius 1 is 1.21 bits per heavy atom. The third-order valence-electron chi connectivity index (χ3n) is 2.97. The van der Waals surface area contributed by atoms with Crippen molar-refractivity contribution in [2.24, 2.45) is 0 Å². The second kappa shape index (κ2) is 6.17. The third kappa shape index (κ3) is 3.33. The summed E-state index contributed by atoms with van der Waals surface area (Å²) in [6.45, 7) is 0.500. The highest BCUT2D eigenvalue weighted by molar-refractivity contribution is 9.10. The molecule has 2 nitrogen and oxygen atoms in total. The average Bonchev–Trinajstić information content (AvgIpc) is 2.41. The molecule has 0 amide bonds. The van der Waals surface area contributed by atoms with E-state index < -0.39 is 0 Å². The molecule has 19 heavy (non-hydrogen) atoms. The zero-order chi connectivity index (χ0) is 13.8. The van der Waals surface area contributed by atoms with Crippen LogP contribution >= 0.6 is 15.9 Å². The van der Waals surface area contributed by atoms with Crippen LogP contribution < -0.4 is 4.90 Å². The van der Waals surface area contributed by atoms with Crippen LogP contribution in [-0.4, -0.2) is 12.2 Å². The molecule has 0 aliphatic heterocycles. The molecule has 0 saturated carbocycles. The van der Waals surface area contributed by atoms with E-state index in [-0.39, 0.29) is 12.4 Å². The Hall–Kier alpha value is -1.39. The molecule has 0 aliphatic rings. The standard InChI is InChI=1S/C15H15BrFNO/c1-18(9-12-4-2-3-5-14(12)17)15-7-6-11(10-19)8-13(15)16/h2-8,19H,9-10H2,1H3. The minimum Gasteiger partial charge on any atom is -0.392 e. The quantitative estimate of drug-likeness (QED) is 0.927. The lowest BCUT2D eigenvalue weighted by atomic mass is 10.1. The number of halogens is 2. The number of rotatable bonds is 4. The van der Waals surface area contributed by atoms with E-state index in [0.717, 1.165) is 15.7 Å². The Bertz CT molecular complexity index is 574. The molecule has 0 heterocycles. The minimum atomic E-state index is -0.197. The van der Waals surface area contributed by atoms with Crippen LogP contribution in [0.1, 0.15) is 11.1 Å². The summed E-state index contributed by atoms with van der Waals surface area (Å²) in [7, 11) is 1.91. The molecule has 0 atom stereocenters. The van der Waals surface area contributed by atoms with E-state index in [4.69, 9.17) is 5.11 Å². The fraction of sp³-hybridized carbons (Fsp3) is 0.200. The van der Waals surface area contributed by atoms with Gasteiger partial charge in [0, 0.05) is 23.6 Å². The van der Waals surface area contributed by atoms with Crippen molar-refractivity contribution in [1.82, 2.24) is 0 Å². The van der Waals surface area contributed by atoms with Gasteiger partial charge in [-0.25, -0.2) is 4.39 Å². The van der Waals surface area contributed by atoms with Crippen molar-refractivity contribution >= 4 is 21.6 Å². The predicted molar refractivity (Wildman–Crippen MR) is 78.6 cm³/mol. The van der Waals surface area contributed by atoms with Gasteiger partial charge in [0.1, 0.15) is 5.82 Å². The van der Waals surface area contributed by atoms with Crippen molar-refractivity contribution in [1.29, 1.82) is 0 Å². The summed E-state index contributed by atoms with van der Waals surface area (Å²) in [5, 5.41) is 9.08.